The largest absolute Gasteiger partial charge is 0.375 e. The fraction of sp³-hybridized carbons (Fsp3) is 0.0714. The molecule has 0 aliphatic rings. The van der Waals surface area contributed by atoms with E-state index in [1.165, 1.54) is 24.3 Å². The van der Waals surface area contributed by atoms with Gasteiger partial charge in [-0.05, 0) is 45.8 Å². The minimum atomic E-state index is -0.564. The van der Waals surface area contributed by atoms with E-state index in [0.717, 1.165) is 0 Å². The normalized spacial score (nSPS) is 9.95. The number of nitro benzene ring substituents is 1. The Hall–Kier alpha value is -2.46. The molecule has 0 saturated carbocycles. The van der Waals surface area contributed by atoms with E-state index in [9.17, 15) is 14.5 Å². The van der Waals surface area contributed by atoms with E-state index in [-0.39, 0.29) is 23.5 Å². The Morgan fingerprint density at radius 3 is 2.71 bits per heavy atom. The maximum absolute atomic E-state index is 13.4. The fourth-order valence-corrected chi connectivity index (χ4v) is 2.00. The van der Waals surface area contributed by atoms with Gasteiger partial charge in [0.25, 0.3) is 5.69 Å². The van der Waals surface area contributed by atoms with Crippen LogP contribution in [0.2, 0.25) is 0 Å². The SMILES string of the molecule is N#Cc1ccc(NCc2ccc(Br)c(F)c2)c([N+](=O)[O-])c1. The summed E-state index contributed by atoms with van der Waals surface area (Å²) in [4.78, 5) is 10.4. The van der Waals surface area contributed by atoms with Gasteiger partial charge in [0.15, 0.2) is 0 Å². The summed E-state index contributed by atoms with van der Waals surface area (Å²) >= 11 is 3.06. The van der Waals surface area contributed by atoms with Crippen molar-refractivity contribution in [1.29, 1.82) is 5.26 Å². The lowest BCUT2D eigenvalue weighted by atomic mass is 10.1. The van der Waals surface area contributed by atoms with Crippen LogP contribution in [0.3, 0.4) is 0 Å². The number of hydrogen-bond acceptors (Lipinski definition) is 4. The summed E-state index contributed by atoms with van der Waals surface area (Å²) < 4.78 is 13.7. The molecule has 2 rings (SSSR count). The predicted molar refractivity (Wildman–Crippen MR) is 79.2 cm³/mol. The van der Waals surface area contributed by atoms with Crippen LogP contribution >= 0.6 is 15.9 Å². The highest BCUT2D eigenvalue weighted by molar-refractivity contribution is 9.10. The average molecular weight is 350 g/mol. The second-order valence-electron chi connectivity index (χ2n) is 4.20. The van der Waals surface area contributed by atoms with E-state index < -0.39 is 10.7 Å². The van der Waals surface area contributed by atoms with Crippen LogP contribution in [0.25, 0.3) is 0 Å². The van der Waals surface area contributed by atoms with Gasteiger partial charge in [-0.2, -0.15) is 5.26 Å². The van der Waals surface area contributed by atoms with Crippen LogP contribution in [0.5, 0.6) is 0 Å². The second kappa shape index (κ2) is 6.33. The summed E-state index contributed by atoms with van der Waals surface area (Å²) in [5.74, 6) is -0.399. The molecule has 0 aromatic heterocycles. The zero-order valence-electron chi connectivity index (χ0n) is 10.6. The number of nitrogens with one attached hydrogen (secondary N) is 1. The van der Waals surface area contributed by atoms with Crippen molar-refractivity contribution in [3.8, 4) is 6.07 Å². The van der Waals surface area contributed by atoms with Crippen LogP contribution in [0.15, 0.2) is 40.9 Å². The predicted octanol–water partition coefficient (Wildman–Crippen LogP) is 3.98. The molecule has 0 spiro atoms. The van der Waals surface area contributed by atoms with E-state index in [0.29, 0.717) is 10.0 Å². The monoisotopic (exact) mass is 349 g/mol. The summed E-state index contributed by atoms with van der Waals surface area (Å²) in [6.45, 7) is 0.233. The molecule has 0 radical (unpaired) electrons. The minimum absolute atomic E-state index is 0.188. The maximum atomic E-state index is 13.4. The van der Waals surface area contributed by atoms with Crippen LogP contribution in [0.1, 0.15) is 11.1 Å². The van der Waals surface area contributed by atoms with Gasteiger partial charge in [0.05, 0.1) is 21.0 Å². The zero-order chi connectivity index (χ0) is 15.4. The van der Waals surface area contributed by atoms with Crippen molar-refractivity contribution in [2.75, 3.05) is 5.32 Å². The second-order valence-corrected chi connectivity index (χ2v) is 5.06. The van der Waals surface area contributed by atoms with E-state index in [4.69, 9.17) is 5.26 Å². The first-order chi connectivity index (χ1) is 10.0. The molecule has 0 fully saturated rings. The summed E-state index contributed by atoms with van der Waals surface area (Å²) in [6.07, 6.45) is 0. The number of nitro groups is 1. The Bertz CT molecular complexity index is 743. The van der Waals surface area contributed by atoms with E-state index in [1.807, 2.05) is 6.07 Å². The molecule has 0 atom stereocenters. The Balaban J connectivity index is 2.21. The van der Waals surface area contributed by atoms with Crippen molar-refractivity contribution in [1.82, 2.24) is 0 Å². The number of anilines is 1. The minimum Gasteiger partial charge on any atom is -0.375 e. The van der Waals surface area contributed by atoms with Gasteiger partial charge in [0, 0.05) is 12.6 Å². The van der Waals surface area contributed by atoms with Crippen LogP contribution in [0, 0.1) is 27.3 Å². The first-order valence-corrected chi connectivity index (χ1v) is 6.67. The third kappa shape index (κ3) is 3.55. The standard InChI is InChI=1S/C14H9BrFN3O2/c15-11-3-1-10(5-12(11)16)8-18-13-4-2-9(7-17)6-14(13)19(20)21/h1-6,18H,8H2. The molecule has 0 amide bonds. The molecule has 1 N–H and O–H groups in total. The number of hydrogen-bond donors (Lipinski definition) is 1. The van der Waals surface area contributed by atoms with Gasteiger partial charge in [-0.3, -0.25) is 10.1 Å². The van der Waals surface area contributed by atoms with Crippen molar-refractivity contribution in [2.24, 2.45) is 0 Å². The molecular formula is C14H9BrFN3O2. The topological polar surface area (TPSA) is 79.0 Å². The molecule has 0 unspecified atom stereocenters. The third-order valence-electron chi connectivity index (χ3n) is 2.79. The fourth-order valence-electron chi connectivity index (χ4n) is 1.75. The molecule has 0 heterocycles. The highest BCUT2D eigenvalue weighted by Crippen LogP contribution is 2.26. The number of benzene rings is 2. The molecule has 5 nitrogen and oxygen atoms in total. The lowest BCUT2D eigenvalue weighted by Crippen LogP contribution is -2.03. The molecule has 0 saturated heterocycles. The molecule has 2 aromatic carbocycles. The summed E-state index contributed by atoms with van der Waals surface area (Å²) in [6, 6.07) is 10.6. The van der Waals surface area contributed by atoms with Gasteiger partial charge in [-0.25, -0.2) is 4.39 Å². The Labute approximate surface area is 128 Å². The lowest BCUT2D eigenvalue weighted by molar-refractivity contribution is -0.384. The first-order valence-electron chi connectivity index (χ1n) is 5.87. The Morgan fingerprint density at radius 2 is 2.10 bits per heavy atom. The van der Waals surface area contributed by atoms with E-state index >= 15 is 0 Å². The Kier molecular flexibility index (Phi) is 4.50. The number of nitrogens with zero attached hydrogens (tertiary/aromatic N) is 2. The van der Waals surface area contributed by atoms with Gasteiger partial charge in [0.1, 0.15) is 11.5 Å². The first kappa shape index (κ1) is 14.9. The Morgan fingerprint density at radius 1 is 1.33 bits per heavy atom. The number of rotatable bonds is 4. The zero-order valence-corrected chi connectivity index (χ0v) is 12.2. The molecule has 21 heavy (non-hydrogen) atoms. The smallest absolute Gasteiger partial charge is 0.293 e. The lowest BCUT2D eigenvalue weighted by Gasteiger charge is -2.08. The number of nitriles is 1. The van der Waals surface area contributed by atoms with Crippen molar-refractivity contribution < 1.29 is 9.31 Å². The van der Waals surface area contributed by atoms with Gasteiger partial charge in [-0.1, -0.05) is 6.07 Å². The van der Waals surface area contributed by atoms with Gasteiger partial charge in [-0.15, -0.1) is 0 Å². The summed E-state index contributed by atoms with van der Waals surface area (Å²) in [7, 11) is 0. The molecule has 0 aliphatic heterocycles. The van der Waals surface area contributed by atoms with Crippen molar-refractivity contribution in [3.05, 3.63) is 67.9 Å². The quantitative estimate of drug-likeness (QED) is 0.668. The van der Waals surface area contributed by atoms with E-state index in [2.05, 4.69) is 21.2 Å². The average Bonchev–Trinajstić information content (AvgIpc) is 2.48. The highest BCUT2D eigenvalue weighted by Gasteiger charge is 2.14. The van der Waals surface area contributed by atoms with Crippen LogP contribution in [0.4, 0.5) is 15.8 Å². The molecule has 106 valence electrons. The summed E-state index contributed by atoms with van der Waals surface area (Å²) in [5.41, 5.74) is 0.949. The highest BCUT2D eigenvalue weighted by atomic mass is 79.9. The van der Waals surface area contributed by atoms with Crippen LogP contribution in [-0.4, -0.2) is 4.92 Å². The molecule has 0 bridgehead atoms. The summed E-state index contributed by atoms with van der Waals surface area (Å²) in [5, 5.41) is 22.6. The van der Waals surface area contributed by atoms with Gasteiger partial charge >= 0.3 is 0 Å². The third-order valence-corrected chi connectivity index (χ3v) is 3.43. The van der Waals surface area contributed by atoms with Crippen molar-refractivity contribution in [2.45, 2.75) is 6.54 Å². The van der Waals surface area contributed by atoms with Crippen molar-refractivity contribution >= 4 is 27.3 Å². The number of halogens is 2. The molecular weight excluding hydrogens is 341 g/mol. The molecule has 0 aliphatic carbocycles. The molecule has 2 aromatic rings. The molecule has 7 heteroatoms. The van der Waals surface area contributed by atoms with Gasteiger partial charge < -0.3 is 5.32 Å². The van der Waals surface area contributed by atoms with E-state index in [1.54, 1.807) is 12.1 Å². The van der Waals surface area contributed by atoms with Crippen LogP contribution < -0.4 is 5.32 Å². The van der Waals surface area contributed by atoms with Crippen molar-refractivity contribution in [3.63, 3.8) is 0 Å². The maximum Gasteiger partial charge on any atom is 0.293 e. The van der Waals surface area contributed by atoms with Crippen LogP contribution in [-0.2, 0) is 6.54 Å². The van der Waals surface area contributed by atoms with Gasteiger partial charge in [0.2, 0.25) is 0 Å².